The molecule has 0 radical (unpaired) electrons. The Bertz CT molecular complexity index is 320. The maximum absolute atomic E-state index is 4.56. The zero-order valence-electron chi connectivity index (χ0n) is 10.8. The van der Waals surface area contributed by atoms with Gasteiger partial charge in [-0.25, -0.2) is 0 Å². The Hall–Kier alpha value is -0.540. The highest BCUT2D eigenvalue weighted by molar-refractivity contribution is 7.99. The Morgan fingerprint density at radius 1 is 1.41 bits per heavy atom. The summed E-state index contributed by atoms with van der Waals surface area (Å²) in [5, 5.41) is 0.592. The Morgan fingerprint density at radius 2 is 2.18 bits per heavy atom. The number of thioether (sulfide) groups is 1. The van der Waals surface area contributed by atoms with Gasteiger partial charge >= 0.3 is 0 Å². The maximum atomic E-state index is 4.56. The van der Waals surface area contributed by atoms with Gasteiger partial charge in [0.1, 0.15) is 0 Å². The SMILES string of the molecule is CCSC(c1ccccn1)C1CCN(C)CC1. The number of pyridine rings is 1. The van der Waals surface area contributed by atoms with E-state index in [1.165, 1.54) is 37.4 Å². The molecule has 1 fully saturated rings. The second kappa shape index (κ2) is 6.41. The van der Waals surface area contributed by atoms with E-state index in [9.17, 15) is 0 Å². The lowest BCUT2D eigenvalue weighted by Gasteiger charge is -2.33. The monoisotopic (exact) mass is 250 g/mol. The number of likely N-dealkylation sites (tertiary alicyclic amines) is 1. The quantitative estimate of drug-likeness (QED) is 0.816. The van der Waals surface area contributed by atoms with Gasteiger partial charge in [0.05, 0.1) is 5.69 Å². The van der Waals surface area contributed by atoms with Gasteiger partial charge in [0.15, 0.2) is 0 Å². The van der Waals surface area contributed by atoms with Crippen molar-refractivity contribution in [3.63, 3.8) is 0 Å². The number of nitrogens with zero attached hydrogens (tertiary/aromatic N) is 2. The molecule has 94 valence electrons. The van der Waals surface area contributed by atoms with Gasteiger partial charge in [-0.2, -0.15) is 11.8 Å². The van der Waals surface area contributed by atoms with Gasteiger partial charge in [-0.15, -0.1) is 0 Å². The van der Waals surface area contributed by atoms with Crippen molar-refractivity contribution in [1.29, 1.82) is 0 Å². The second-order valence-corrected chi connectivity index (χ2v) is 6.19. The van der Waals surface area contributed by atoms with Crippen LogP contribution in [0.1, 0.15) is 30.7 Å². The molecular formula is C14H22N2S. The molecule has 1 aromatic rings. The molecule has 17 heavy (non-hydrogen) atoms. The van der Waals surface area contributed by atoms with Crippen molar-refractivity contribution in [3.05, 3.63) is 30.1 Å². The number of aromatic nitrogens is 1. The lowest BCUT2D eigenvalue weighted by atomic mass is 9.91. The Labute approximate surface area is 109 Å². The first-order valence-electron chi connectivity index (χ1n) is 6.52. The molecule has 1 atom stereocenters. The second-order valence-electron chi connectivity index (χ2n) is 4.77. The molecule has 2 rings (SSSR count). The smallest absolute Gasteiger partial charge is 0.0536 e. The van der Waals surface area contributed by atoms with Crippen LogP contribution in [0.15, 0.2) is 24.4 Å². The molecule has 0 amide bonds. The summed E-state index contributed by atoms with van der Waals surface area (Å²) in [7, 11) is 2.22. The van der Waals surface area contributed by atoms with Crippen molar-refractivity contribution in [3.8, 4) is 0 Å². The van der Waals surface area contributed by atoms with Crippen LogP contribution in [-0.2, 0) is 0 Å². The first-order valence-corrected chi connectivity index (χ1v) is 7.57. The summed E-state index contributed by atoms with van der Waals surface area (Å²) in [4.78, 5) is 6.99. The lowest BCUT2D eigenvalue weighted by Crippen LogP contribution is -2.32. The first-order chi connectivity index (χ1) is 8.31. The van der Waals surface area contributed by atoms with Gasteiger partial charge in [-0.3, -0.25) is 4.98 Å². The van der Waals surface area contributed by atoms with Crippen LogP contribution in [0.3, 0.4) is 0 Å². The van der Waals surface area contributed by atoms with Gasteiger partial charge in [0, 0.05) is 11.4 Å². The molecule has 2 nitrogen and oxygen atoms in total. The van der Waals surface area contributed by atoms with E-state index in [-0.39, 0.29) is 0 Å². The van der Waals surface area contributed by atoms with E-state index in [4.69, 9.17) is 0 Å². The van der Waals surface area contributed by atoms with Crippen LogP contribution in [0.4, 0.5) is 0 Å². The Morgan fingerprint density at radius 3 is 2.76 bits per heavy atom. The minimum atomic E-state index is 0.592. The maximum Gasteiger partial charge on any atom is 0.0536 e. The molecule has 0 aromatic carbocycles. The molecule has 0 N–H and O–H groups in total. The minimum absolute atomic E-state index is 0.592. The molecule has 2 heterocycles. The summed E-state index contributed by atoms with van der Waals surface area (Å²) >= 11 is 2.06. The summed E-state index contributed by atoms with van der Waals surface area (Å²) in [6, 6.07) is 6.30. The topological polar surface area (TPSA) is 16.1 Å². The molecule has 0 spiro atoms. The summed E-state index contributed by atoms with van der Waals surface area (Å²) in [5.74, 6) is 1.97. The zero-order valence-corrected chi connectivity index (χ0v) is 11.6. The van der Waals surface area contributed by atoms with Crippen LogP contribution in [0.5, 0.6) is 0 Å². The largest absolute Gasteiger partial charge is 0.306 e. The molecule has 1 aromatic heterocycles. The fraction of sp³-hybridized carbons (Fsp3) is 0.643. The van der Waals surface area contributed by atoms with Crippen molar-refractivity contribution in [1.82, 2.24) is 9.88 Å². The van der Waals surface area contributed by atoms with Crippen molar-refractivity contribution in [2.24, 2.45) is 5.92 Å². The van der Waals surface area contributed by atoms with E-state index < -0.39 is 0 Å². The molecule has 1 unspecified atom stereocenters. The van der Waals surface area contributed by atoms with Crippen LogP contribution >= 0.6 is 11.8 Å². The molecule has 1 aliphatic rings. The van der Waals surface area contributed by atoms with E-state index >= 15 is 0 Å². The number of hydrogen-bond acceptors (Lipinski definition) is 3. The third kappa shape index (κ3) is 3.46. The Kier molecular flexibility index (Phi) is 4.86. The zero-order chi connectivity index (χ0) is 12.1. The van der Waals surface area contributed by atoms with Gasteiger partial charge in [0.2, 0.25) is 0 Å². The third-order valence-corrected chi connectivity index (χ3v) is 4.84. The van der Waals surface area contributed by atoms with Crippen molar-refractivity contribution in [2.45, 2.75) is 25.0 Å². The number of rotatable bonds is 4. The van der Waals surface area contributed by atoms with Crippen LogP contribution in [0, 0.1) is 5.92 Å². The van der Waals surface area contributed by atoms with Gasteiger partial charge in [-0.1, -0.05) is 13.0 Å². The molecule has 0 bridgehead atoms. The van der Waals surface area contributed by atoms with E-state index in [2.05, 4.69) is 47.7 Å². The van der Waals surface area contributed by atoms with Crippen LogP contribution in [0.25, 0.3) is 0 Å². The highest BCUT2D eigenvalue weighted by Gasteiger charge is 2.27. The van der Waals surface area contributed by atoms with E-state index in [1.54, 1.807) is 0 Å². The number of hydrogen-bond donors (Lipinski definition) is 0. The summed E-state index contributed by atoms with van der Waals surface area (Å²) in [6.45, 7) is 4.71. The standard InChI is InChI=1S/C14H22N2S/c1-3-17-14(13-6-4-5-9-15-13)12-7-10-16(2)11-8-12/h4-6,9,12,14H,3,7-8,10-11H2,1-2H3. The van der Waals surface area contributed by atoms with Gasteiger partial charge in [0.25, 0.3) is 0 Å². The van der Waals surface area contributed by atoms with Crippen molar-refractivity contribution < 1.29 is 0 Å². The molecule has 0 aliphatic carbocycles. The predicted octanol–water partition coefficient (Wildman–Crippen LogP) is 3.22. The molecule has 3 heteroatoms. The normalized spacial score (nSPS) is 20.4. The van der Waals surface area contributed by atoms with Crippen molar-refractivity contribution in [2.75, 3.05) is 25.9 Å². The van der Waals surface area contributed by atoms with E-state index in [0.717, 1.165) is 5.92 Å². The number of piperidine rings is 1. The molecular weight excluding hydrogens is 228 g/mol. The fourth-order valence-corrected chi connectivity index (χ4v) is 3.73. The minimum Gasteiger partial charge on any atom is -0.306 e. The molecule has 0 saturated carbocycles. The van der Waals surface area contributed by atoms with Crippen LogP contribution in [-0.4, -0.2) is 35.8 Å². The van der Waals surface area contributed by atoms with Gasteiger partial charge < -0.3 is 4.90 Å². The highest BCUT2D eigenvalue weighted by Crippen LogP contribution is 2.39. The third-order valence-electron chi connectivity index (χ3n) is 3.52. The Balaban J connectivity index is 2.07. The van der Waals surface area contributed by atoms with Crippen LogP contribution in [0.2, 0.25) is 0 Å². The average molecular weight is 250 g/mol. The summed E-state index contributed by atoms with van der Waals surface area (Å²) < 4.78 is 0. The fourth-order valence-electron chi connectivity index (χ4n) is 2.52. The van der Waals surface area contributed by atoms with Crippen molar-refractivity contribution >= 4 is 11.8 Å². The summed E-state index contributed by atoms with van der Waals surface area (Å²) in [5.41, 5.74) is 1.27. The predicted molar refractivity (Wildman–Crippen MR) is 75.3 cm³/mol. The van der Waals surface area contributed by atoms with E-state index in [0.29, 0.717) is 5.25 Å². The van der Waals surface area contributed by atoms with Gasteiger partial charge in [-0.05, 0) is 56.8 Å². The molecule has 1 aliphatic heterocycles. The highest BCUT2D eigenvalue weighted by atomic mass is 32.2. The first kappa shape index (κ1) is 12.9. The average Bonchev–Trinajstić information content (AvgIpc) is 2.38. The van der Waals surface area contributed by atoms with Crippen LogP contribution < -0.4 is 0 Å². The summed E-state index contributed by atoms with van der Waals surface area (Å²) in [6.07, 6.45) is 4.54. The lowest BCUT2D eigenvalue weighted by molar-refractivity contribution is 0.216. The van der Waals surface area contributed by atoms with E-state index in [1.807, 2.05) is 12.3 Å². The molecule has 1 saturated heterocycles.